The highest BCUT2D eigenvalue weighted by atomic mass is 32.1. The van der Waals surface area contributed by atoms with E-state index in [0.29, 0.717) is 0 Å². The lowest BCUT2D eigenvalue weighted by Gasteiger charge is -2.35. The monoisotopic (exact) mass is 692 g/mol. The van der Waals surface area contributed by atoms with Crippen LogP contribution < -0.4 is 4.90 Å². The molecule has 0 spiro atoms. The van der Waals surface area contributed by atoms with Gasteiger partial charge < -0.3 is 4.90 Å². The lowest BCUT2D eigenvalue weighted by atomic mass is 9.67. The van der Waals surface area contributed by atoms with E-state index in [1.165, 1.54) is 60.2 Å². The summed E-state index contributed by atoms with van der Waals surface area (Å²) in [6, 6.07) is 70.9. The molecule has 0 atom stereocenters. The summed E-state index contributed by atoms with van der Waals surface area (Å²) in [5, 5.41) is 3.56. The van der Waals surface area contributed by atoms with Gasteiger partial charge in [0.1, 0.15) is 5.01 Å². The maximum atomic E-state index is 5.30. The number of para-hydroxylation sites is 1. The number of anilines is 3. The zero-order chi connectivity index (χ0) is 34.9. The number of hydrogen-bond acceptors (Lipinski definition) is 3. The van der Waals surface area contributed by atoms with Crippen molar-refractivity contribution in [2.75, 3.05) is 4.90 Å². The second kappa shape index (κ2) is 11.7. The van der Waals surface area contributed by atoms with Crippen LogP contribution in [-0.2, 0) is 5.41 Å². The fourth-order valence-electron chi connectivity index (χ4n) is 8.90. The van der Waals surface area contributed by atoms with Crippen LogP contribution >= 0.6 is 11.3 Å². The number of thiazole rings is 1. The van der Waals surface area contributed by atoms with Gasteiger partial charge in [-0.3, -0.25) is 0 Å². The molecule has 0 bridgehead atoms. The topological polar surface area (TPSA) is 16.1 Å². The van der Waals surface area contributed by atoms with Crippen LogP contribution in [0.25, 0.3) is 54.2 Å². The number of hydrogen-bond donors (Lipinski definition) is 0. The predicted molar refractivity (Wildman–Crippen MR) is 221 cm³/mol. The SMILES string of the molecule is c1ccc(-c2nc3c(s2)-c2cccc4cc(N(c5ccccc5)c5ccc6c(c5)C(c5ccccc5)(c5ccccc5)c5ccccc5-6)cc-3c24)cc1. The fourth-order valence-corrected chi connectivity index (χ4v) is 10.0. The molecule has 2 nitrogen and oxygen atoms in total. The van der Waals surface area contributed by atoms with E-state index in [-0.39, 0.29) is 0 Å². The van der Waals surface area contributed by atoms with E-state index in [1.807, 2.05) is 0 Å². The van der Waals surface area contributed by atoms with Gasteiger partial charge in [-0.15, -0.1) is 11.3 Å². The second-order valence-electron chi connectivity index (χ2n) is 13.9. The molecule has 11 rings (SSSR count). The van der Waals surface area contributed by atoms with Crippen molar-refractivity contribution in [3.8, 4) is 43.4 Å². The first-order chi connectivity index (χ1) is 26.3. The van der Waals surface area contributed by atoms with Crippen LogP contribution in [-0.4, -0.2) is 4.98 Å². The van der Waals surface area contributed by atoms with E-state index in [9.17, 15) is 0 Å². The smallest absolute Gasteiger partial charge is 0.124 e. The summed E-state index contributed by atoms with van der Waals surface area (Å²) in [5.41, 5.74) is 15.2. The van der Waals surface area contributed by atoms with Crippen LogP contribution in [0.1, 0.15) is 22.3 Å². The molecular weight excluding hydrogens is 661 g/mol. The molecule has 53 heavy (non-hydrogen) atoms. The molecule has 1 aromatic heterocycles. The predicted octanol–water partition coefficient (Wildman–Crippen LogP) is 13.4. The summed E-state index contributed by atoms with van der Waals surface area (Å²) >= 11 is 1.79. The molecule has 248 valence electrons. The zero-order valence-corrected chi connectivity index (χ0v) is 29.6. The van der Waals surface area contributed by atoms with Gasteiger partial charge in [0.05, 0.1) is 16.0 Å². The van der Waals surface area contributed by atoms with Gasteiger partial charge in [-0.1, -0.05) is 158 Å². The van der Waals surface area contributed by atoms with E-state index in [2.05, 4.69) is 199 Å². The standard InChI is InChI=1S/C50H32N2S/c1-5-16-33(17-6-1)49-51-47-43-31-39(30-34-18-15-26-42(46(34)43)48(47)53-49)52(37-23-11-4-12-24-37)38-28-29-41-40-25-13-14-27-44(40)50(45(41)32-38,35-19-7-2-8-20-35)36-21-9-3-10-22-36/h1-32H. The summed E-state index contributed by atoms with van der Waals surface area (Å²) in [6.45, 7) is 0. The summed E-state index contributed by atoms with van der Waals surface area (Å²) in [5.74, 6) is 0. The summed E-state index contributed by atoms with van der Waals surface area (Å²) in [4.78, 5) is 8.98. The van der Waals surface area contributed by atoms with Gasteiger partial charge in [0, 0.05) is 33.8 Å². The van der Waals surface area contributed by atoms with Crippen LogP contribution in [0.15, 0.2) is 194 Å². The molecule has 2 aliphatic rings. The Kier molecular flexibility index (Phi) is 6.67. The molecule has 0 saturated carbocycles. The van der Waals surface area contributed by atoms with Gasteiger partial charge in [-0.2, -0.15) is 0 Å². The van der Waals surface area contributed by atoms with Crippen molar-refractivity contribution in [1.29, 1.82) is 0 Å². The van der Waals surface area contributed by atoms with Gasteiger partial charge in [-0.25, -0.2) is 4.98 Å². The Morgan fingerprint density at radius 3 is 1.79 bits per heavy atom. The molecule has 0 N–H and O–H groups in total. The van der Waals surface area contributed by atoms with Crippen LogP contribution in [0.4, 0.5) is 17.1 Å². The molecular formula is C50H32N2S. The maximum Gasteiger partial charge on any atom is 0.124 e. The quantitative estimate of drug-likeness (QED) is 0.172. The first kappa shape index (κ1) is 30.1. The second-order valence-corrected chi connectivity index (χ2v) is 14.9. The van der Waals surface area contributed by atoms with Crippen LogP contribution in [0.2, 0.25) is 0 Å². The van der Waals surface area contributed by atoms with Crippen molar-refractivity contribution < 1.29 is 0 Å². The first-order valence-corrected chi connectivity index (χ1v) is 18.9. The third kappa shape index (κ3) is 4.41. The van der Waals surface area contributed by atoms with E-state index in [4.69, 9.17) is 4.98 Å². The molecule has 0 aliphatic heterocycles. The minimum absolute atomic E-state index is 0.484. The number of fused-ring (bicyclic) bond motifs is 6. The Labute approximate surface area is 312 Å². The number of benzene rings is 8. The minimum Gasteiger partial charge on any atom is -0.310 e. The first-order valence-electron chi connectivity index (χ1n) is 18.1. The highest BCUT2D eigenvalue weighted by Crippen LogP contribution is 2.58. The third-order valence-corrected chi connectivity index (χ3v) is 12.2. The lowest BCUT2D eigenvalue weighted by Crippen LogP contribution is -2.28. The van der Waals surface area contributed by atoms with Crippen LogP contribution in [0.3, 0.4) is 0 Å². The van der Waals surface area contributed by atoms with Crippen LogP contribution in [0.5, 0.6) is 0 Å². The number of aromatic nitrogens is 1. The average Bonchev–Trinajstić information content (AvgIpc) is 3.89. The molecule has 8 aromatic carbocycles. The summed E-state index contributed by atoms with van der Waals surface area (Å²) < 4.78 is 0. The average molecular weight is 693 g/mol. The highest BCUT2D eigenvalue weighted by molar-refractivity contribution is 7.19. The van der Waals surface area contributed by atoms with Crippen molar-refractivity contribution in [2.45, 2.75) is 5.41 Å². The van der Waals surface area contributed by atoms with E-state index in [1.54, 1.807) is 11.3 Å². The lowest BCUT2D eigenvalue weighted by molar-refractivity contribution is 0.768. The van der Waals surface area contributed by atoms with Gasteiger partial charge in [0.2, 0.25) is 0 Å². The molecule has 1 heterocycles. The van der Waals surface area contributed by atoms with Gasteiger partial charge in [-0.05, 0) is 80.6 Å². The van der Waals surface area contributed by atoms with E-state index in [0.717, 1.165) is 33.3 Å². The molecule has 0 unspecified atom stereocenters. The molecule has 0 amide bonds. The summed E-state index contributed by atoms with van der Waals surface area (Å²) in [7, 11) is 0. The third-order valence-electron chi connectivity index (χ3n) is 11.1. The molecule has 2 aliphatic carbocycles. The van der Waals surface area contributed by atoms with Crippen molar-refractivity contribution >= 4 is 39.2 Å². The van der Waals surface area contributed by atoms with E-state index >= 15 is 0 Å². The molecule has 0 saturated heterocycles. The zero-order valence-electron chi connectivity index (χ0n) is 28.8. The van der Waals surface area contributed by atoms with Crippen LogP contribution in [0, 0.1) is 0 Å². The molecule has 3 heteroatoms. The Morgan fingerprint density at radius 1 is 0.434 bits per heavy atom. The Bertz CT molecular complexity index is 2780. The molecule has 0 radical (unpaired) electrons. The minimum atomic E-state index is -0.484. The van der Waals surface area contributed by atoms with Crippen molar-refractivity contribution in [1.82, 2.24) is 4.98 Å². The van der Waals surface area contributed by atoms with Crippen molar-refractivity contribution in [2.24, 2.45) is 0 Å². The molecule has 0 fully saturated rings. The number of rotatable bonds is 6. The Hall–Kier alpha value is -6.55. The Morgan fingerprint density at radius 2 is 1.06 bits per heavy atom. The van der Waals surface area contributed by atoms with Gasteiger partial charge in [0.25, 0.3) is 0 Å². The van der Waals surface area contributed by atoms with Crippen molar-refractivity contribution in [3.05, 3.63) is 216 Å². The fraction of sp³-hybridized carbons (Fsp3) is 0.0200. The van der Waals surface area contributed by atoms with Gasteiger partial charge in [0.15, 0.2) is 0 Å². The normalized spacial score (nSPS) is 13.1. The van der Waals surface area contributed by atoms with E-state index < -0.39 is 5.41 Å². The summed E-state index contributed by atoms with van der Waals surface area (Å²) in [6.07, 6.45) is 0. The number of nitrogens with zero attached hydrogens (tertiary/aromatic N) is 2. The molecule has 9 aromatic rings. The largest absolute Gasteiger partial charge is 0.310 e. The maximum absolute atomic E-state index is 5.30. The Balaban J connectivity index is 1.16. The van der Waals surface area contributed by atoms with Crippen molar-refractivity contribution in [3.63, 3.8) is 0 Å². The van der Waals surface area contributed by atoms with Gasteiger partial charge >= 0.3 is 0 Å². The highest BCUT2D eigenvalue weighted by Gasteiger charge is 2.46.